The normalized spacial score (nSPS) is 24.8. The summed E-state index contributed by atoms with van der Waals surface area (Å²) in [5.74, 6) is -1.08. The number of nitrogens with zero attached hydrogens (tertiary/aromatic N) is 1. The van der Waals surface area contributed by atoms with Crippen molar-refractivity contribution in [3.05, 3.63) is 0 Å². The van der Waals surface area contributed by atoms with E-state index in [1.165, 1.54) is 4.90 Å². The molecule has 0 aromatic heterocycles. The molecule has 1 heterocycles. The topological polar surface area (TPSA) is 69.6 Å². The summed E-state index contributed by atoms with van der Waals surface area (Å²) in [6, 6.07) is -0.0946. The van der Waals surface area contributed by atoms with Crippen LogP contribution < -0.4 is 5.32 Å². The van der Waals surface area contributed by atoms with E-state index in [0.29, 0.717) is 0 Å². The van der Waals surface area contributed by atoms with Gasteiger partial charge in [0.1, 0.15) is 6.54 Å². The lowest BCUT2D eigenvalue weighted by atomic mass is 9.97. The van der Waals surface area contributed by atoms with Gasteiger partial charge in [0.2, 0.25) is 5.91 Å². The molecule has 1 fully saturated rings. The highest BCUT2D eigenvalue weighted by Crippen LogP contribution is 2.22. The fourth-order valence-electron chi connectivity index (χ4n) is 2.03. The van der Waals surface area contributed by atoms with Crippen molar-refractivity contribution in [2.24, 2.45) is 0 Å². The molecule has 0 aromatic rings. The Morgan fingerprint density at radius 2 is 2.12 bits per heavy atom. The molecule has 0 aromatic carbocycles. The molecule has 0 spiro atoms. The molecule has 0 aliphatic carbocycles. The van der Waals surface area contributed by atoms with Gasteiger partial charge in [-0.05, 0) is 40.2 Å². The molecular formula is C11H20N2O3. The molecule has 0 bridgehead atoms. The number of carbonyl (C=O) groups is 2. The van der Waals surface area contributed by atoms with Gasteiger partial charge in [0.05, 0.1) is 5.54 Å². The molecule has 1 aliphatic rings. The van der Waals surface area contributed by atoms with E-state index in [2.05, 4.69) is 5.32 Å². The van der Waals surface area contributed by atoms with Gasteiger partial charge < -0.3 is 15.3 Å². The molecular weight excluding hydrogens is 208 g/mol. The van der Waals surface area contributed by atoms with Gasteiger partial charge in [0.25, 0.3) is 0 Å². The van der Waals surface area contributed by atoms with Crippen LogP contribution in [0.25, 0.3) is 0 Å². The highest BCUT2D eigenvalue weighted by molar-refractivity contribution is 5.89. The van der Waals surface area contributed by atoms with Crippen LogP contribution in [-0.2, 0) is 9.59 Å². The number of amides is 1. The molecule has 5 heteroatoms. The van der Waals surface area contributed by atoms with Crippen LogP contribution in [0, 0.1) is 0 Å². The number of hydrogen-bond acceptors (Lipinski definition) is 3. The van der Waals surface area contributed by atoms with E-state index in [-0.39, 0.29) is 18.5 Å². The highest BCUT2D eigenvalue weighted by atomic mass is 16.4. The number of hydrogen-bond donors (Lipinski definition) is 2. The largest absolute Gasteiger partial charge is 0.480 e. The van der Waals surface area contributed by atoms with Crippen LogP contribution in [0.5, 0.6) is 0 Å². The van der Waals surface area contributed by atoms with Crippen LogP contribution in [0.1, 0.15) is 33.6 Å². The Hall–Kier alpha value is -1.10. The summed E-state index contributed by atoms with van der Waals surface area (Å²) in [6.45, 7) is 6.10. The molecule has 1 unspecified atom stereocenters. The molecule has 1 saturated heterocycles. The first-order valence-electron chi connectivity index (χ1n) is 5.65. The maximum Gasteiger partial charge on any atom is 0.323 e. The SMILES string of the molecule is CC(C)N(CC(=O)O)C(=O)C1(C)CCCN1. The van der Waals surface area contributed by atoms with E-state index in [1.54, 1.807) is 0 Å². The molecule has 5 nitrogen and oxygen atoms in total. The van der Waals surface area contributed by atoms with Crippen molar-refractivity contribution in [3.8, 4) is 0 Å². The van der Waals surface area contributed by atoms with Crippen LogP contribution in [0.2, 0.25) is 0 Å². The predicted molar refractivity (Wildman–Crippen MR) is 60.1 cm³/mol. The van der Waals surface area contributed by atoms with E-state index in [1.807, 2.05) is 20.8 Å². The van der Waals surface area contributed by atoms with E-state index >= 15 is 0 Å². The van der Waals surface area contributed by atoms with Crippen molar-refractivity contribution in [1.29, 1.82) is 0 Å². The molecule has 1 amide bonds. The van der Waals surface area contributed by atoms with E-state index in [0.717, 1.165) is 19.4 Å². The Morgan fingerprint density at radius 1 is 1.50 bits per heavy atom. The number of aliphatic carboxylic acids is 1. The molecule has 1 atom stereocenters. The summed E-state index contributed by atoms with van der Waals surface area (Å²) in [7, 11) is 0. The second-order valence-electron chi connectivity index (χ2n) is 4.78. The summed E-state index contributed by atoms with van der Waals surface area (Å²) in [4.78, 5) is 24.4. The van der Waals surface area contributed by atoms with Gasteiger partial charge in [-0.15, -0.1) is 0 Å². The molecule has 0 radical (unpaired) electrons. The maximum atomic E-state index is 12.2. The lowest BCUT2D eigenvalue weighted by Crippen LogP contribution is -2.55. The highest BCUT2D eigenvalue weighted by Gasteiger charge is 2.40. The lowest BCUT2D eigenvalue weighted by molar-refractivity contribution is -0.148. The maximum absolute atomic E-state index is 12.2. The minimum atomic E-state index is -0.969. The summed E-state index contributed by atoms with van der Waals surface area (Å²) in [5, 5.41) is 12.0. The van der Waals surface area contributed by atoms with Crippen molar-refractivity contribution >= 4 is 11.9 Å². The van der Waals surface area contributed by atoms with Crippen molar-refractivity contribution in [3.63, 3.8) is 0 Å². The van der Waals surface area contributed by atoms with Crippen LogP contribution in [0.3, 0.4) is 0 Å². The van der Waals surface area contributed by atoms with Gasteiger partial charge in [-0.2, -0.15) is 0 Å². The Bertz CT molecular complexity index is 283. The summed E-state index contributed by atoms with van der Waals surface area (Å²) < 4.78 is 0. The van der Waals surface area contributed by atoms with Crippen LogP contribution in [0.15, 0.2) is 0 Å². The van der Waals surface area contributed by atoms with Gasteiger partial charge in [0, 0.05) is 6.04 Å². The van der Waals surface area contributed by atoms with Crippen LogP contribution in [0.4, 0.5) is 0 Å². The zero-order valence-corrected chi connectivity index (χ0v) is 10.1. The molecule has 16 heavy (non-hydrogen) atoms. The van der Waals surface area contributed by atoms with Gasteiger partial charge in [0.15, 0.2) is 0 Å². The Labute approximate surface area is 95.8 Å². The zero-order chi connectivity index (χ0) is 12.3. The molecule has 92 valence electrons. The number of nitrogens with one attached hydrogen (secondary N) is 1. The standard InChI is InChI=1S/C11H20N2O3/c1-8(2)13(7-9(14)15)10(16)11(3)5-4-6-12-11/h8,12H,4-7H2,1-3H3,(H,14,15). The number of carbonyl (C=O) groups excluding carboxylic acids is 1. The third-order valence-electron chi connectivity index (χ3n) is 3.03. The van der Waals surface area contributed by atoms with Gasteiger partial charge in [-0.3, -0.25) is 9.59 Å². The number of rotatable bonds is 4. The Balaban J connectivity index is 2.77. The van der Waals surface area contributed by atoms with E-state index in [4.69, 9.17) is 5.11 Å². The Morgan fingerprint density at radius 3 is 2.50 bits per heavy atom. The molecule has 1 aliphatic heterocycles. The van der Waals surface area contributed by atoms with Crippen molar-refractivity contribution in [2.75, 3.05) is 13.1 Å². The zero-order valence-electron chi connectivity index (χ0n) is 10.1. The molecule has 2 N–H and O–H groups in total. The van der Waals surface area contributed by atoms with Crippen LogP contribution in [-0.4, -0.2) is 46.6 Å². The van der Waals surface area contributed by atoms with Gasteiger partial charge in [-0.1, -0.05) is 0 Å². The minimum absolute atomic E-state index is 0.0946. The first-order chi connectivity index (χ1) is 7.37. The fourth-order valence-corrected chi connectivity index (χ4v) is 2.03. The Kier molecular flexibility index (Phi) is 3.91. The quantitative estimate of drug-likeness (QED) is 0.733. The molecule has 0 saturated carbocycles. The van der Waals surface area contributed by atoms with E-state index < -0.39 is 11.5 Å². The average Bonchev–Trinajstić information content (AvgIpc) is 2.61. The predicted octanol–water partition coefficient (Wildman–Crippen LogP) is 0.450. The van der Waals surface area contributed by atoms with Gasteiger partial charge in [-0.25, -0.2) is 0 Å². The average molecular weight is 228 g/mol. The lowest BCUT2D eigenvalue weighted by Gasteiger charge is -2.33. The summed E-state index contributed by atoms with van der Waals surface area (Å²) in [5.41, 5.74) is -0.584. The smallest absolute Gasteiger partial charge is 0.323 e. The van der Waals surface area contributed by atoms with Crippen molar-refractivity contribution in [2.45, 2.75) is 45.2 Å². The second-order valence-corrected chi connectivity index (χ2v) is 4.78. The first-order valence-corrected chi connectivity index (χ1v) is 5.65. The van der Waals surface area contributed by atoms with Gasteiger partial charge >= 0.3 is 5.97 Å². The third-order valence-corrected chi connectivity index (χ3v) is 3.03. The second kappa shape index (κ2) is 4.82. The van der Waals surface area contributed by atoms with Crippen molar-refractivity contribution in [1.82, 2.24) is 10.2 Å². The van der Waals surface area contributed by atoms with Crippen molar-refractivity contribution < 1.29 is 14.7 Å². The minimum Gasteiger partial charge on any atom is -0.480 e. The third kappa shape index (κ3) is 2.72. The van der Waals surface area contributed by atoms with Crippen LogP contribution >= 0.6 is 0 Å². The first kappa shape index (κ1) is 13.0. The monoisotopic (exact) mass is 228 g/mol. The fraction of sp³-hybridized carbons (Fsp3) is 0.818. The summed E-state index contributed by atoms with van der Waals surface area (Å²) >= 11 is 0. The van der Waals surface area contributed by atoms with E-state index in [9.17, 15) is 9.59 Å². The number of carboxylic acids is 1. The number of carboxylic acid groups (broad SMARTS) is 1. The molecule has 1 rings (SSSR count). The summed E-state index contributed by atoms with van der Waals surface area (Å²) in [6.07, 6.45) is 1.73.